The van der Waals surface area contributed by atoms with E-state index in [0.29, 0.717) is 18.3 Å². The molecule has 0 amide bonds. The van der Waals surface area contributed by atoms with Gasteiger partial charge in [0.2, 0.25) is 5.89 Å². The third kappa shape index (κ3) is 7.51. The number of hydrogen-bond acceptors (Lipinski definition) is 6. The summed E-state index contributed by atoms with van der Waals surface area (Å²) < 4.78 is 10.9. The van der Waals surface area contributed by atoms with Crippen LogP contribution in [-0.4, -0.2) is 39.2 Å². The predicted octanol–water partition coefficient (Wildman–Crippen LogP) is 3.80. The summed E-state index contributed by atoms with van der Waals surface area (Å²) in [5.41, 5.74) is 0.753. The molecule has 1 aromatic carbocycles. The quantitative estimate of drug-likeness (QED) is 0.623. The Bertz CT molecular complexity index is 707. The zero-order chi connectivity index (χ0) is 19.9. The van der Waals surface area contributed by atoms with Gasteiger partial charge in [0.25, 0.3) is 0 Å². The molecule has 0 aliphatic heterocycles. The Balaban J connectivity index is 1.94. The van der Waals surface area contributed by atoms with Crippen molar-refractivity contribution in [1.82, 2.24) is 15.0 Å². The number of aromatic nitrogens is 2. The van der Waals surface area contributed by atoms with Crippen LogP contribution in [0.3, 0.4) is 0 Å². The van der Waals surface area contributed by atoms with Crippen molar-refractivity contribution in [3.63, 3.8) is 0 Å². The average molecular weight is 373 g/mol. The average Bonchev–Trinajstić information content (AvgIpc) is 3.05. The minimum atomic E-state index is -0.493. The van der Waals surface area contributed by atoms with Gasteiger partial charge in [0, 0.05) is 12.5 Å². The largest absolute Gasteiger partial charge is 0.459 e. The zero-order valence-electron chi connectivity index (χ0n) is 17.1. The van der Waals surface area contributed by atoms with Gasteiger partial charge in [-0.05, 0) is 46.1 Å². The number of rotatable bonds is 9. The van der Waals surface area contributed by atoms with Crippen molar-refractivity contribution < 1.29 is 14.1 Å². The smallest absolute Gasteiger partial charge is 0.320 e. The highest BCUT2D eigenvalue weighted by Crippen LogP contribution is 2.13. The molecular weight excluding hydrogens is 342 g/mol. The topological polar surface area (TPSA) is 68.5 Å². The lowest BCUT2D eigenvalue weighted by Gasteiger charge is -2.28. The lowest BCUT2D eigenvalue weighted by molar-refractivity contribution is -0.157. The fourth-order valence-corrected chi connectivity index (χ4v) is 2.70. The molecule has 2 aromatic rings. The molecule has 0 saturated carbocycles. The van der Waals surface area contributed by atoms with E-state index < -0.39 is 5.60 Å². The van der Waals surface area contributed by atoms with Crippen LogP contribution in [0.1, 0.15) is 58.3 Å². The number of esters is 1. The van der Waals surface area contributed by atoms with Crippen LogP contribution in [0.25, 0.3) is 0 Å². The van der Waals surface area contributed by atoms with Gasteiger partial charge in [-0.1, -0.05) is 42.4 Å². The number of nitrogens with zero attached hydrogens (tertiary/aromatic N) is 3. The number of benzene rings is 1. The highest BCUT2D eigenvalue weighted by molar-refractivity contribution is 5.72. The Morgan fingerprint density at radius 3 is 2.56 bits per heavy atom. The molecule has 6 nitrogen and oxygen atoms in total. The van der Waals surface area contributed by atoms with Gasteiger partial charge in [0.1, 0.15) is 5.60 Å². The third-order valence-corrected chi connectivity index (χ3v) is 4.29. The first-order chi connectivity index (χ1) is 12.8. The van der Waals surface area contributed by atoms with Crippen LogP contribution in [0.15, 0.2) is 34.9 Å². The van der Waals surface area contributed by atoms with Crippen LogP contribution in [0.5, 0.6) is 0 Å². The summed E-state index contributed by atoms with van der Waals surface area (Å²) in [5, 5.41) is 4.08. The van der Waals surface area contributed by atoms with Gasteiger partial charge in [0.05, 0.1) is 13.1 Å². The van der Waals surface area contributed by atoms with Gasteiger partial charge in [0.15, 0.2) is 5.82 Å². The Labute approximate surface area is 161 Å². The first-order valence-electron chi connectivity index (χ1n) is 9.58. The molecule has 1 aromatic heterocycles. The maximum atomic E-state index is 12.2. The predicted molar refractivity (Wildman–Crippen MR) is 104 cm³/mol. The molecular formula is C21H31N3O3. The Morgan fingerprint density at radius 2 is 1.93 bits per heavy atom. The van der Waals surface area contributed by atoms with Crippen LogP contribution in [0, 0.1) is 0 Å². The van der Waals surface area contributed by atoms with Crippen LogP contribution in [-0.2, 0) is 28.9 Å². The summed E-state index contributed by atoms with van der Waals surface area (Å²) in [6.45, 7) is 10.4. The van der Waals surface area contributed by atoms with E-state index in [0.717, 1.165) is 19.3 Å². The fourth-order valence-electron chi connectivity index (χ4n) is 2.70. The monoisotopic (exact) mass is 373 g/mol. The highest BCUT2D eigenvalue weighted by Gasteiger charge is 2.23. The molecule has 1 heterocycles. The molecule has 0 aliphatic rings. The Morgan fingerprint density at radius 1 is 1.22 bits per heavy atom. The van der Waals surface area contributed by atoms with E-state index >= 15 is 0 Å². The number of carbonyl (C=O) groups is 1. The maximum Gasteiger partial charge on any atom is 0.320 e. The summed E-state index contributed by atoms with van der Waals surface area (Å²) in [7, 11) is 0. The molecule has 0 aliphatic carbocycles. The molecule has 6 heteroatoms. The van der Waals surface area contributed by atoms with Crippen molar-refractivity contribution in [1.29, 1.82) is 0 Å². The van der Waals surface area contributed by atoms with Gasteiger partial charge in [-0.15, -0.1) is 0 Å². The van der Waals surface area contributed by atoms with Crippen molar-refractivity contribution in [3.05, 3.63) is 47.6 Å². The normalized spacial score (nSPS) is 13.0. The molecule has 0 unspecified atom stereocenters. The first kappa shape index (κ1) is 21.1. The van der Waals surface area contributed by atoms with Crippen molar-refractivity contribution in [2.24, 2.45) is 0 Å². The molecule has 0 fully saturated rings. The molecule has 27 heavy (non-hydrogen) atoms. The van der Waals surface area contributed by atoms with Crippen molar-refractivity contribution in [2.75, 3.05) is 6.54 Å². The van der Waals surface area contributed by atoms with Crippen LogP contribution < -0.4 is 0 Å². The van der Waals surface area contributed by atoms with Crippen LogP contribution in [0.2, 0.25) is 0 Å². The summed E-state index contributed by atoms with van der Waals surface area (Å²) >= 11 is 0. The van der Waals surface area contributed by atoms with Gasteiger partial charge in [-0.2, -0.15) is 4.98 Å². The van der Waals surface area contributed by atoms with E-state index in [-0.39, 0.29) is 18.6 Å². The fraction of sp³-hybridized carbons (Fsp3) is 0.571. The minimum Gasteiger partial charge on any atom is -0.459 e. The summed E-state index contributed by atoms with van der Waals surface area (Å²) in [4.78, 5) is 18.7. The summed E-state index contributed by atoms with van der Waals surface area (Å²) in [6, 6.07) is 10.4. The standard InChI is InChI=1S/C21H31N3O3/c1-6-16(2)24(15-20(25)26-21(3,4)5)14-19-22-18(23-27-19)13-12-17-10-8-7-9-11-17/h7-11,16H,6,12-15H2,1-5H3/t16-/m1/s1. The summed E-state index contributed by atoms with van der Waals surface area (Å²) in [5.74, 6) is 0.976. The molecule has 0 bridgehead atoms. The third-order valence-electron chi connectivity index (χ3n) is 4.29. The molecule has 0 radical (unpaired) electrons. The molecule has 2 rings (SSSR count). The second kappa shape index (κ2) is 9.65. The molecule has 148 valence electrons. The highest BCUT2D eigenvalue weighted by atomic mass is 16.6. The van der Waals surface area contributed by atoms with Crippen LogP contribution >= 0.6 is 0 Å². The van der Waals surface area contributed by atoms with Gasteiger partial charge in [-0.25, -0.2) is 0 Å². The van der Waals surface area contributed by atoms with E-state index in [4.69, 9.17) is 9.26 Å². The summed E-state index contributed by atoms with van der Waals surface area (Å²) in [6.07, 6.45) is 2.51. The van der Waals surface area contributed by atoms with E-state index in [9.17, 15) is 4.79 Å². The van der Waals surface area contributed by atoms with E-state index in [2.05, 4.69) is 36.1 Å². The van der Waals surface area contributed by atoms with Gasteiger partial charge < -0.3 is 9.26 Å². The second-order valence-corrected chi connectivity index (χ2v) is 7.84. The molecule has 0 saturated heterocycles. The van der Waals surface area contributed by atoms with Gasteiger partial charge in [-0.3, -0.25) is 9.69 Å². The second-order valence-electron chi connectivity index (χ2n) is 7.84. The lowest BCUT2D eigenvalue weighted by Crippen LogP contribution is -2.39. The Hall–Kier alpha value is -2.21. The molecule has 0 spiro atoms. The van der Waals surface area contributed by atoms with E-state index in [1.54, 1.807) is 0 Å². The molecule has 1 atom stereocenters. The zero-order valence-corrected chi connectivity index (χ0v) is 17.1. The number of carbonyl (C=O) groups excluding carboxylic acids is 1. The maximum absolute atomic E-state index is 12.2. The minimum absolute atomic E-state index is 0.202. The van der Waals surface area contributed by atoms with Crippen molar-refractivity contribution in [3.8, 4) is 0 Å². The number of hydrogen-bond donors (Lipinski definition) is 0. The number of aryl methyl sites for hydroxylation is 2. The van der Waals surface area contributed by atoms with Gasteiger partial charge >= 0.3 is 5.97 Å². The first-order valence-corrected chi connectivity index (χ1v) is 9.58. The van der Waals surface area contributed by atoms with Crippen LogP contribution in [0.4, 0.5) is 0 Å². The van der Waals surface area contributed by atoms with Crippen molar-refractivity contribution >= 4 is 5.97 Å². The molecule has 0 N–H and O–H groups in total. The van der Waals surface area contributed by atoms with Crippen molar-refractivity contribution in [2.45, 2.75) is 72.1 Å². The van der Waals surface area contributed by atoms with E-state index in [1.807, 2.05) is 43.9 Å². The SMILES string of the molecule is CC[C@@H](C)N(CC(=O)OC(C)(C)C)Cc1nc(CCc2ccccc2)no1. The Kier molecular flexibility index (Phi) is 7.54. The lowest BCUT2D eigenvalue weighted by atomic mass is 10.1. The van der Waals surface area contributed by atoms with E-state index in [1.165, 1.54) is 5.56 Å². The number of ether oxygens (including phenoxy) is 1.